The van der Waals surface area contributed by atoms with Crippen LogP contribution in [0.1, 0.15) is 54.6 Å². The summed E-state index contributed by atoms with van der Waals surface area (Å²) in [7, 11) is 0. The number of carboxylic acid groups (broad SMARTS) is 1. The molecule has 0 saturated carbocycles. The zero-order valence-corrected chi connectivity index (χ0v) is 10.9. The first-order valence-electron chi connectivity index (χ1n) is 5.98. The highest BCUT2D eigenvalue weighted by Crippen LogP contribution is 2.31. The lowest BCUT2D eigenvalue weighted by atomic mass is 9.94. The number of ether oxygens (including phenoxy) is 1. The molecule has 0 bridgehead atoms. The normalized spacial score (nSPS) is 10.6. The van der Waals surface area contributed by atoms with Gasteiger partial charge in [-0.1, -0.05) is 32.9 Å². The average Bonchev–Trinajstić information content (AvgIpc) is 2.26. The Kier molecular flexibility index (Phi) is 4.55. The van der Waals surface area contributed by atoms with Crippen molar-refractivity contribution in [2.45, 2.75) is 40.0 Å². The number of carbonyl (C=O) groups is 1. The van der Waals surface area contributed by atoms with Crippen LogP contribution >= 0.6 is 0 Å². The van der Waals surface area contributed by atoms with Crippen molar-refractivity contribution >= 4 is 5.97 Å². The molecule has 0 unspecified atom stereocenters. The Balaban J connectivity index is 3.32. The fraction of sp³-hybridized carbons (Fsp3) is 0.500. The van der Waals surface area contributed by atoms with E-state index in [0.717, 1.165) is 17.5 Å². The van der Waals surface area contributed by atoms with Crippen LogP contribution in [-0.4, -0.2) is 17.7 Å². The van der Waals surface area contributed by atoms with E-state index in [1.165, 1.54) is 0 Å². The molecule has 3 nitrogen and oxygen atoms in total. The Morgan fingerprint density at radius 2 is 2.06 bits per heavy atom. The van der Waals surface area contributed by atoms with E-state index in [1.54, 1.807) is 0 Å². The summed E-state index contributed by atoms with van der Waals surface area (Å²) in [6.45, 7) is 8.40. The summed E-state index contributed by atoms with van der Waals surface area (Å²) in [5.74, 6) is -0.222. The second-order valence-electron chi connectivity index (χ2n) is 4.48. The molecular formula is C14H20O3. The van der Waals surface area contributed by atoms with Crippen LogP contribution in [0.2, 0.25) is 0 Å². The van der Waals surface area contributed by atoms with Crippen molar-refractivity contribution in [3.63, 3.8) is 0 Å². The van der Waals surface area contributed by atoms with Gasteiger partial charge in [-0.15, -0.1) is 0 Å². The molecule has 3 heteroatoms. The summed E-state index contributed by atoms with van der Waals surface area (Å²) in [4.78, 5) is 11.4. The molecule has 0 saturated heterocycles. The van der Waals surface area contributed by atoms with Gasteiger partial charge >= 0.3 is 5.97 Å². The first kappa shape index (κ1) is 13.6. The molecule has 0 aliphatic heterocycles. The van der Waals surface area contributed by atoms with Crippen molar-refractivity contribution in [3.8, 4) is 5.75 Å². The highest BCUT2D eigenvalue weighted by Gasteiger charge is 2.20. The monoisotopic (exact) mass is 236 g/mol. The van der Waals surface area contributed by atoms with Crippen molar-refractivity contribution in [1.82, 2.24) is 0 Å². The van der Waals surface area contributed by atoms with Crippen LogP contribution in [0.25, 0.3) is 0 Å². The number of aromatic carboxylic acids is 1. The lowest BCUT2D eigenvalue weighted by Crippen LogP contribution is -2.10. The second-order valence-corrected chi connectivity index (χ2v) is 4.48. The fourth-order valence-corrected chi connectivity index (χ4v) is 1.79. The van der Waals surface area contributed by atoms with E-state index in [9.17, 15) is 9.90 Å². The Hall–Kier alpha value is -1.51. The quantitative estimate of drug-likeness (QED) is 0.849. The number of benzene rings is 1. The topological polar surface area (TPSA) is 46.5 Å². The molecule has 0 aromatic heterocycles. The molecule has 1 aromatic rings. The lowest BCUT2D eigenvalue weighted by Gasteiger charge is -2.17. The van der Waals surface area contributed by atoms with Gasteiger partial charge in [0.25, 0.3) is 0 Å². The number of hydrogen-bond acceptors (Lipinski definition) is 2. The van der Waals surface area contributed by atoms with E-state index >= 15 is 0 Å². The van der Waals surface area contributed by atoms with E-state index in [1.807, 2.05) is 39.8 Å². The molecular weight excluding hydrogens is 216 g/mol. The molecule has 0 spiro atoms. The summed E-state index contributed by atoms with van der Waals surface area (Å²) in [5, 5.41) is 9.34. The van der Waals surface area contributed by atoms with Crippen molar-refractivity contribution in [1.29, 1.82) is 0 Å². The minimum atomic E-state index is -0.913. The highest BCUT2D eigenvalue weighted by atomic mass is 16.5. The number of hydrogen-bond donors (Lipinski definition) is 1. The molecule has 94 valence electrons. The smallest absolute Gasteiger partial charge is 0.339 e. The summed E-state index contributed by atoms with van der Waals surface area (Å²) in [6, 6.07) is 3.80. The number of aryl methyl sites for hydroxylation is 1. The van der Waals surface area contributed by atoms with Gasteiger partial charge in [0.1, 0.15) is 11.3 Å². The molecule has 0 heterocycles. The van der Waals surface area contributed by atoms with Crippen LogP contribution in [-0.2, 0) is 0 Å². The van der Waals surface area contributed by atoms with Crippen LogP contribution in [0.3, 0.4) is 0 Å². The average molecular weight is 236 g/mol. The first-order chi connectivity index (χ1) is 7.99. The molecule has 17 heavy (non-hydrogen) atoms. The molecule has 1 aromatic carbocycles. The number of rotatable bonds is 5. The third-order valence-electron chi connectivity index (χ3n) is 2.67. The van der Waals surface area contributed by atoms with Crippen LogP contribution in [0.15, 0.2) is 12.1 Å². The maximum absolute atomic E-state index is 11.4. The molecule has 1 rings (SSSR count). The molecule has 0 radical (unpaired) electrons. The summed E-state index contributed by atoms with van der Waals surface area (Å²) in [6.07, 6.45) is 0.865. The summed E-state index contributed by atoms with van der Waals surface area (Å²) in [5.41, 5.74) is 2.02. The fourth-order valence-electron chi connectivity index (χ4n) is 1.79. The molecule has 0 atom stereocenters. The Morgan fingerprint density at radius 3 is 2.53 bits per heavy atom. The molecule has 0 aliphatic rings. The summed E-state index contributed by atoms with van der Waals surface area (Å²) >= 11 is 0. The van der Waals surface area contributed by atoms with Crippen LogP contribution in [0.5, 0.6) is 5.75 Å². The SMILES string of the molecule is CCCOc1c(C)ccc(C(C)C)c1C(=O)O. The van der Waals surface area contributed by atoms with Gasteiger partial charge in [0.15, 0.2) is 0 Å². The van der Waals surface area contributed by atoms with E-state index in [2.05, 4.69) is 0 Å². The van der Waals surface area contributed by atoms with Crippen LogP contribution in [0.4, 0.5) is 0 Å². The van der Waals surface area contributed by atoms with Gasteiger partial charge < -0.3 is 9.84 Å². The first-order valence-corrected chi connectivity index (χ1v) is 5.98. The molecule has 0 fully saturated rings. The molecule has 0 amide bonds. The zero-order chi connectivity index (χ0) is 13.0. The predicted molar refractivity (Wildman–Crippen MR) is 68.0 cm³/mol. The third kappa shape index (κ3) is 2.99. The van der Waals surface area contributed by atoms with Gasteiger partial charge in [0, 0.05) is 0 Å². The standard InChI is InChI=1S/C14H20O3/c1-5-8-17-13-10(4)6-7-11(9(2)3)12(13)14(15)16/h6-7,9H,5,8H2,1-4H3,(H,15,16). The summed E-state index contributed by atoms with van der Waals surface area (Å²) < 4.78 is 5.59. The van der Waals surface area contributed by atoms with E-state index in [4.69, 9.17) is 4.74 Å². The lowest BCUT2D eigenvalue weighted by molar-refractivity contribution is 0.0690. The van der Waals surface area contributed by atoms with Crippen molar-refractivity contribution < 1.29 is 14.6 Å². The maximum atomic E-state index is 11.4. The zero-order valence-electron chi connectivity index (χ0n) is 10.9. The Bertz CT molecular complexity index is 408. The minimum absolute atomic E-state index is 0.172. The highest BCUT2D eigenvalue weighted by molar-refractivity contribution is 5.93. The molecule has 1 N–H and O–H groups in total. The van der Waals surface area contributed by atoms with Crippen molar-refractivity contribution in [2.75, 3.05) is 6.61 Å². The third-order valence-corrected chi connectivity index (χ3v) is 2.67. The van der Waals surface area contributed by atoms with Gasteiger partial charge in [-0.3, -0.25) is 0 Å². The Morgan fingerprint density at radius 1 is 1.41 bits per heavy atom. The number of carboxylic acids is 1. The van der Waals surface area contributed by atoms with Gasteiger partial charge in [-0.05, 0) is 30.4 Å². The Labute approximate surface area is 102 Å². The van der Waals surface area contributed by atoms with Crippen molar-refractivity contribution in [3.05, 3.63) is 28.8 Å². The predicted octanol–water partition coefficient (Wildman–Crippen LogP) is 3.61. The largest absolute Gasteiger partial charge is 0.492 e. The van der Waals surface area contributed by atoms with Gasteiger partial charge in [-0.2, -0.15) is 0 Å². The van der Waals surface area contributed by atoms with Gasteiger partial charge in [0.05, 0.1) is 6.61 Å². The van der Waals surface area contributed by atoms with E-state index in [0.29, 0.717) is 17.9 Å². The maximum Gasteiger partial charge on any atom is 0.339 e. The minimum Gasteiger partial charge on any atom is -0.492 e. The van der Waals surface area contributed by atoms with Crippen LogP contribution in [0, 0.1) is 6.92 Å². The van der Waals surface area contributed by atoms with Gasteiger partial charge in [-0.25, -0.2) is 4.79 Å². The molecule has 0 aliphatic carbocycles. The van der Waals surface area contributed by atoms with E-state index < -0.39 is 5.97 Å². The van der Waals surface area contributed by atoms with Crippen molar-refractivity contribution in [2.24, 2.45) is 0 Å². The van der Waals surface area contributed by atoms with Crippen LogP contribution < -0.4 is 4.74 Å². The second kappa shape index (κ2) is 5.71. The van der Waals surface area contributed by atoms with E-state index in [-0.39, 0.29) is 5.92 Å². The van der Waals surface area contributed by atoms with Gasteiger partial charge in [0.2, 0.25) is 0 Å².